The fourth-order valence-corrected chi connectivity index (χ4v) is 3.66. The number of anilines is 1. The first-order valence-corrected chi connectivity index (χ1v) is 9.23. The zero-order valence-electron chi connectivity index (χ0n) is 13.4. The third kappa shape index (κ3) is 2.90. The minimum Gasteiger partial charge on any atom is -0.291 e. The van der Waals surface area contributed by atoms with Crippen molar-refractivity contribution in [2.75, 3.05) is 5.43 Å². The van der Waals surface area contributed by atoms with E-state index in [1.165, 1.54) is 0 Å². The topological polar surface area (TPSA) is 59.3 Å². The first-order chi connectivity index (χ1) is 11.7. The molecular formula is C18H19BrN4O. The van der Waals surface area contributed by atoms with Crippen molar-refractivity contribution in [3.63, 3.8) is 0 Å². The molecule has 6 heteroatoms. The normalized spacial score (nSPS) is 18.1. The highest BCUT2D eigenvalue weighted by molar-refractivity contribution is 9.10. The van der Waals surface area contributed by atoms with Crippen LogP contribution < -0.4 is 11.0 Å². The fourth-order valence-electron chi connectivity index (χ4n) is 3.40. The summed E-state index contributed by atoms with van der Waals surface area (Å²) in [5.74, 6) is 0.747. The van der Waals surface area contributed by atoms with E-state index in [1.807, 2.05) is 28.8 Å². The van der Waals surface area contributed by atoms with Gasteiger partial charge >= 0.3 is 0 Å². The quantitative estimate of drug-likeness (QED) is 0.803. The predicted molar refractivity (Wildman–Crippen MR) is 98.7 cm³/mol. The van der Waals surface area contributed by atoms with Gasteiger partial charge in [-0.3, -0.25) is 14.8 Å². The number of benzene rings is 1. The molecule has 0 saturated heterocycles. The number of nitrogens with zero attached hydrogens (tertiary/aromatic N) is 3. The number of rotatable bonds is 2. The van der Waals surface area contributed by atoms with Gasteiger partial charge in [0.15, 0.2) is 5.82 Å². The predicted octanol–water partition coefficient (Wildman–Crippen LogP) is 3.49. The fraction of sp³-hybridized carbons (Fsp3) is 0.389. The molecule has 0 amide bonds. The Morgan fingerprint density at radius 2 is 1.88 bits per heavy atom. The molecule has 0 spiro atoms. The third-order valence-corrected chi connectivity index (χ3v) is 5.18. The Morgan fingerprint density at radius 3 is 2.71 bits per heavy atom. The summed E-state index contributed by atoms with van der Waals surface area (Å²) in [5.41, 5.74) is 6.93. The van der Waals surface area contributed by atoms with Gasteiger partial charge in [0.1, 0.15) is 5.71 Å². The zero-order valence-corrected chi connectivity index (χ0v) is 15.0. The first kappa shape index (κ1) is 15.6. The van der Waals surface area contributed by atoms with Gasteiger partial charge < -0.3 is 0 Å². The molecule has 0 atom stereocenters. The zero-order chi connectivity index (χ0) is 16.5. The highest BCUT2D eigenvalue weighted by Crippen LogP contribution is 2.20. The maximum absolute atomic E-state index is 12.8. The second-order valence-electron chi connectivity index (χ2n) is 6.31. The van der Waals surface area contributed by atoms with E-state index in [-0.39, 0.29) is 5.56 Å². The van der Waals surface area contributed by atoms with Crippen LogP contribution in [-0.4, -0.2) is 15.3 Å². The van der Waals surface area contributed by atoms with Crippen molar-refractivity contribution in [1.82, 2.24) is 9.55 Å². The Bertz CT molecular complexity index is 855. The number of hydrogen-bond acceptors (Lipinski definition) is 4. The maximum atomic E-state index is 12.8. The van der Waals surface area contributed by atoms with Crippen LogP contribution in [0.2, 0.25) is 0 Å². The van der Waals surface area contributed by atoms with Gasteiger partial charge in [0.25, 0.3) is 5.56 Å². The van der Waals surface area contributed by atoms with Crippen molar-refractivity contribution in [3.8, 4) is 0 Å². The van der Waals surface area contributed by atoms with Crippen LogP contribution in [0, 0.1) is 0 Å². The molecule has 1 aromatic carbocycles. The number of aromatic nitrogens is 2. The molecule has 0 radical (unpaired) electrons. The van der Waals surface area contributed by atoms with Crippen LogP contribution in [0.5, 0.6) is 0 Å². The van der Waals surface area contributed by atoms with Gasteiger partial charge in [0.05, 0.1) is 11.4 Å². The molecule has 1 N–H and O–H groups in total. The van der Waals surface area contributed by atoms with E-state index in [0.29, 0.717) is 0 Å². The number of hydrazone groups is 1. The van der Waals surface area contributed by atoms with Crippen LogP contribution in [-0.2, 0) is 19.4 Å². The summed E-state index contributed by atoms with van der Waals surface area (Å²) in [7, 11) is 0. The molecule has 4 rings (SSSR count). The lowest BCUT2D eigenvalue weighted by atomic mass is 9.96. The summed E-state index contributed by atoms with van der Waals surface area (Å²) < 4.78 is 2.85. The van der Waals surface area contributed by atoms with Gasteiger partial charge in [-0.05, 0) is 62.8 Å². The molecule has 2 aromatic rings. The molecule has 0 saturated carbocycles. The minimum atomic E-state index is 0.144. The molecule has 24 heavy (non-hydrogen) atoms. The van der Waals surface area contributed by atoms with Gasteiger partial charge in [-0.15, -0.1) is 0 Å². The van der Waals surface area contributed by atoms with E-state index in [9.17, 15) is 4.79 Å². The number of hydrogen-bond donors (Lipinski definition) is 1. The summed E-state index contributed by atoms with van der Waals surface area (Å²) >= 11 is 3.43. The lowest BCUT2D eigenvalue weighted by Gasteiger charge is -2.23. The van der Waals surface area contributed by atoms with Gasteiger partial charge in [-0.2, -0.15) is 5.10 Å². The molecule has 0 unspecified atom stereocenters. The molecule has 5 nitrogen and oxygen atoms in total. The van der Waals surface area contributed by atoms with Crippen molar-refractivity contribution in [1.29, 1.82) is 0 Å². The van der Waals surface area contributed by atoms with Crippen LogP contribution in [0.4, 0.5) is 5.69 Å². The van der Waals surface area contributed by atoms with Crippen molar-refractivity contribution in [2.45, 2.75) is 45.1 Å². The standard InChI is InChI=1S/C18H19BrN4O/c19-12-7-9-13(10-8-12)21-22-16-6-3-11-23-17(16)20-15-5-2-1-4-14(15)18(23)24/h7-10,21H,1-6,11H2/b22-16-. The minimum absolute atomic E-state index is 0.144. The van der Waals surface area contributed by atoms with Crippen LogP contribution in [0.3, 0.4) is 0 Å². The first-order valence-electron chi connectivity index (χ1n) is 8.43. The van der Waals surface area contributed by atoms with Crippen molar-refractivity contribution >= 4 is 27.3 Å². The number of nitrogens with one attached hydrogen (secondary N) is 1. The molecule has 124 valence electrons. The van der Waals surface area contributed by atoms with Gasteiger partial charge in [0, 0.05) is 16.6 Å². The lowest BCUT2D eigenvalue weighted by Crippen LogP contribution is -2.36. The summed E-state index contributed by atoms with van der Waals surface area (Å²) in [4.78, 5) is 17.6. The van der Waals surface area contributed by atoms with E-state index >= 15 is 0 Å². The molecule has 0 bridgehead atoms. The lowest BCUT2D eigenvalue weighted by molar-refractivity contribution is 0.559. The van der Waals surface area contributed by atoms with Crippen molar-refractivity contribution in [3.05, 3.63) is 56.2 Å². The Kier molecular flexibility index (Phi) is 4.22. The molecule has 2 aliphatic rings. The average Bonchev–Trinajstić information content (AvgIpc) is 2.62. The molecule has 1 aliphatic heterocycles. The van der Waals surface area contributed by atoms with Crippen LogP contribution in [0.25, 0.3) is 0 Å². The van der Waals surface area contributed by atoms with Crippen molar-refractivity contribution < 1.29 is 0 Å². The SMILES string of the molecule is O=c1c2c(nc3n1CCC/C3=N/Nc1ccc(Br)cc1)CCCC2. The monoisotopic (exact) mass is 386 g/mol. The van der Waals surface area contributed by atoms with Crippen LogP contribution in [0.1, 0.15) is 42.8 Å². The highest BCUT2D eigenvalue weighted by Gasteiger charge is 2.24. The Labute approximate surface area is 148 Å². The smallest absolute Gasteiger partial charge is 0.257 e. The van der Waals surface area contributed by atoms with E-state index in [1.54, 1.807) is 0 Å². The van der Waals surface area contributed by atoms with E-state index in [0.717, 1.165) is 78.0 Å². The second kappa shape index (κ2) is 6.51. The Balaban J connectivity index is 1.70. The summed E-state index contributed by atoms with van der Waals surface area (Å²) in [6, 6.07) is 7.86. The summed E-state index contributed by atoms with van der Waals surface area (Å²) in [5, 5.41) is 4.54. The van der Waals surface area contributed by atoms with Gasteiger partial charge in [-0.1, -0.05) is 15.9 Å². The number of halogens is 1. The maximum Gasteiger partial charge on any atom is 0.257 e. The van der Waals surface area contributed by atoms with Crippen LogP contribution >= 0.6 is 15.9 Å². The highest BCUT2D eigenvalue weighted by atomic mass is 79.9. The molecule has 0 fully saturated rings. The van der Waals surface area contributed by atoms with E-state index in [4.69, 9.17) is 4.98 Å². The van der Waals surface area contributed by atoms with Crippen molar-refractivity contribution in [2.24, 2.45) is 5.10 Å². The van der Waals surface area contributed by atoms with Crippen LogP contribution in [0.15, 0.2) is 38.6 Å². The van der Waals surface area contributed by atoms with Gasteiger partial charge in [0.2, 0.25) is 0 Å². The average molecular weight is 387 g/mol. The van der Waals surface area contributed by atoms with E-state index in [2.05, 4.69) is 26.5 Å². The largest absolute Gasteiger partial charge is 0.291 e. The molecular weight excluding hydrogens is 368 g/mol. The third-order valence-electron chi connectivity index (χ3n) is 4.66. The number of aryl methyl sites for hydroxylation is 1. The Hall–Kier alpha value is -1.95. The Morgan fingerprint density at radius 1 is 1.08 bits per heavy atom. The summed E-state index contributed by atoms with van der Waals surface area (Å²) in [6.45, 7) is 0.742. The van der Waals surface area contributed by atoms with Gasteiger partial charge in [-0.25, -0.2) is 4.98 Å². The summed E-state index contributed by atoms with van der Waals surface area (Å²) in [6.07, 6.45) is 5.75. The number of fused-ring (bicyclic) bond motifs is 2. The molecule has 2 heterocycles. The molecule has 1 aliphatic carbocycles. The molecule has 1 aromatic heterocycles. The second-order valence-corrected chi connectivity index (χ2v) is 7.22. The van der Waals surface area contributed by atoms with E-state index < -0.39 is 0 Å².